The first-order valence-electron chi connectivity index (χ1n) is 28.4. The Morgan fingerprint density at radius 3 is 1.24 bits per heavy atom. The average Bonchev–Trinajstić information content (AvgIpc) is 3.33. The van der Waals surface area contributed by atoms with Gasteiger partial charge in [0, 0.05) is 12.8 Å². The number of carbonyl (C=O) groups is 2. The smallest absolute Gasteiger partial charge is 0.306 e. The van der Waals surface area contributed by atoms with Crippen LogP contribution < -0.4 is 0 Å². The number of unbranched alkanes of at least 4 members (excludes halogenated alkanes) is 34. The number of carbonyl (C=O) groups excluding carboxylic acids is 2. The second-order valence-electron chi connectivity index (χ2n) is 19.7. The molecule has 0 aromatic rings. The summed E-state index contributed by atoms with van der Waals surface area (Å²) in [6.45, 7) is 3.47. The summed E-state index contributed by atoms with van der Waals surface area (Å²) in [6, 6.07) is 0. The van der Waals surface area contributed by atoms with Crippen molar-refractivity contribution in [1.82, 2.24) is 0 Å². The van der Waals surface area contributed by atoms with Crippen LogP contribution in [0.15, 0.2) is 24.3 Å². The molecule has 1 aliphatic rings. The molecule has 0 saturated carbocycles. The van der Waals surface area contributed by atoms with Crippen LogP contribution >= 0.6 is 0 Å². The maximum atomic E-state index is 12.9. The Balaban J connectivity index is 2.20. The van der Waals surface area contributed by atoms with E-state index in [1.807, 2.05) is 0 Å². The van der Waals surface area contributed by atoms with E-state index in [2.05, 4.69) is 38.2 Å². The summed E-state index contributed by atoms with van der Waals surface area (Å²) in [6.07, 6.45) is 49.0. The lowest BCUT2D eigenvalue weighted by molar-refractivity contribution is -0.305. The van der Waals surface area contributed by atoms with E-state index in [4.69, 9.17) is 18.9 Å². The summed E-state index contributed by atoms with van der Waals surface area (Å²) in [5.74, 6) is -0.792. The highest BCUT2D eigenvalue weighted by molar-refractivity contribution is 5.70. The topological polar surface area (TPSA) is 152 Å². The molecule has 0 bridgehead atoms. The minimum Gasteiger partial charge on any atom is -0.462 e. The van der Waals surface area contributed by atoms with Gasteiger partial charge >= 0.3 is 11.9 Å². The third kappa shape index (κ3) is 38.6. The molecule has 4 N–H and O–H groups in total. The Kier molecular flexibility index (Phi) is 45.1. The Morgan fingerprint density at radius 1 is 0.463 bits per heavy atom. The zero-order valence-corrected chi connectivity index (χ0v) is 43.4. The third-order valence-corrected chi connectivity index (χ3v) is 13.3. The minimum atomic E-state index is -1.59. The van der Waals surface area contributed by atoms with Gasteiger partial charge in [-0.1, -0.05) is 237 Å². The van der Waals surface area contributed by atoms with Crippen molar-refractivity contribution in [2.75, 3.05) is 19.8 Å². The number of esters is 2. The van der Waals surface area contributed by atoms with Crippen LogP contribution in [-0.2, 0) is 28.5 Å². The van der Waals surface area contributed by atoms with Crippen molar-refractivity contribution in [2.45, 2.75) is 307 Å². The summed E-state index contributed by atoms with van der Waals surface area (Å²) in [7, 11) is 0. The molecule has 1 rings (SSSR count). The van der Waals surface area contributed by atoms with Gasteiger partial charge < -0.3 is 39.4 Å². The summed E-state index contributed by atoms with van der Waals surface area (Å²) >= 11 is 0. The molecule has 6 unspecified atom stereocenters. The fraction of sp³-hybridized carbons (Fsp3) is 0.895. The van der Waals surface area contributed by atoms with Crippen molar-refractivity contribution in [2.24, 2.45) is 0 Å². The average molecular weight is 951 g/mol. The van der Waals surface area contributed by atoms with Crippen molar-refractivity contribution < 1.29 is 49.0 Å². The standard InChI is InChI=1S/C57H106O10/c1-3-5-7-9-11-13-15-17-19-21-23-24-25-26-28-30-32-34-36-38-40-42-44-46-53(60)66-50(49-65-57-56(63)55(62)54(61)51(47-58)67-57)48-64-52(59)45-43-41-39-37-35-33-31-29-27-22-20-18-16-14-12-10-8-6-4-2/h15,17,21,23,50-51,54-58,61-63H,3-14,16,18-20,22,24-49H2,1-2H3/b17-15-,23-21-. The quantitative estimate of drug-likeness (QED) is 0.0263. The number of ether oxygens (including phenoxy) is 4. The second kappa shape index (κ2) is 47.8. The van der Waals surface area contributed by atoms with Crippen LogP contribution in [0.5, 0.6) is 0 Å². The third-order valence-electron chi connectivity index (χ3n) is 13.3. The van der Waals surface area contributed by atoms with Crippen LogP contribution in [0.2, 0.25) is 0 Å². The lowest BCUT2D eigenvalue weighted by Crippen LogP contribution is -2.59. The number of hydrogen-bond donors (Lipinski definition) is 4. The SMILES string of the molecule is CCCCCCC/C=C\C/C=C\CCCCCCCCCCCCCC(=O)OC(COC(=O)CCCCCCCCCCCCCCCCCCCCC)COC1OC(CO)C(O)C(O)C1O. The number of allylic oxidation sites excluding steroid dienone is 4. The molecule has 67 heavy (non-hydrogen) atoms. The van der Waals surface area contributed by atoms with Crippen molar-refractivity contribution in [3.8, 4) is 0 Å². The lowest BCUT2D eigenvalue weighted by atomic mass is 9.99. The van der Waals surface area contributed by atoms with E-state index in [0.29, 0.717) is 6.42 Å². The molecular formula is C57H106O10. The minimum absolute atomic E-state index is 0.213. The summed E-state index contributed by atoms with van der Waals surface area (Å²) < 4.78 is 22.3. The van der Waals surface area contributed by atoms with E-state index in [1.54, 1.807) is 0 Å². The molecule has 394 valence electrons. The van der Waals surface area contributed by atoms with Gasteiger partial charge in [-0.3, -0.25) is 9.59 Å². The highest BCUT2D eigenvalue weighted by Gasteiger charge is 2.44. The molecule has 0 spiro atoms. The Bertz CT molecular complexity index is 1140. The van der Waals surface area contributed by atoms with Gasteiger partial charge in [0.15, 0.2) is 12.4 Å². The first-order valence-corrected chi connectivity index (χ1v) is 28.4. The number of rotatable bonds is 49. The van der Waals surface area contributed by atoms with E-state index in [0.717, 1.165) is 44.9 Å². The van der Waals surface area contributed by atoms with Crippen molar-refractivity contribution >= 4 is 11.9 Å². The van der Waals surface area contributed by atoms with E-state index >= 15 is 0 Å². The molecular weight excluding hydrogens is 845 g/mol. The van der Waals surface area contributed by atoms with E-state index in [-0.39, 0.29) is 32.0 Å². The predicted octanol–water partition coefficient (Wildman–Crippen LogP) is 14.0. The number of aliphatic hydroxyl groups excluding tert-OH is 4. The van der Waals surface area contributed by atoms with Gasteiger partial charge in [0.25, 0.3) is 0 Å². The summed E-state index contributed by atoms with van der Waals surface area (Å²) in [5, 5.41) is 40.3. The highest BCUT2D eigenvalue weighted by atomic mass is 16.7. The Morgan fingerprint density at radius 2 is 0.836 bits per heavy atom. The summed E-state index contributed by atoms with van der Waals surface area (Å²) in [5.41, 5.74) is 0. The van der Waals surface area contributed by atoms with Gasteiger partial charge in [0.05, 0.1) is 13.2 Å². The van der Waals surface area contributed by atoms with Gasteiger partial charge in [-0.25, -0.2) is 0 Å². The number of aliphatic hydroxyl groups is 4. The molecule has 6 atom stereocenters. The maximum absolute atomic E-state index is 12.9. The molecule has 1 saturated heterocycles. The molecule has 0 radical (unpaired) electrons. The normalized spacial score (nSPS) is 19.2. The highest BCUT2D eigenvalue weighted by Crippen LogP contribution is 2.23. The monoisotopic (exact) mass is 951 g/mol. The summed E-state index contributed by atoms with van der Waals surface area (Å²) in [4.78, 5) is 25.5. The van der Waals surface area contributed by atoms with E-state index in [9.17, 15) is 30.0 Å². The maximum Gasteiger partial charge on any atom is 0.306 e. The Hall–Kier alpha value is -1.82. The van der Waals surface area contributed by atoms with Gasteiger partial charge in [-0.05, 0) is 44.9 Å². The first-order chi connectivity index (χ1) is 32.8. The van der Waals surface area contributed by atoms with Crippen LogP contribution in [0.25, 0.3) is 0 Å². The number of hydrogen-bond acceptors (Lipinski definition) is 10. The van der Waals surface area contributed by atoms with E-state index < -0.39 is 49.4 Å². The first kappa shape index (κ1) is 63.2. The second-order valence-corrected chi connectivity index (χ2v) is 19.7. The van der Waals surface area contributed by atoms with Gasteiger partial charge in [0.2, 0.25) is 0 Å². The van der Waals surface area contributed by atoms with Gasteiger partial charge in [-0.15, -0.1) is 0 Å². The van der Waals surface area contributed by atoms with Crippen LogP contribution in [0, 0.1) is 0 Å². The zero-order valence-electron chi connectivity index (χ0n) is 43.4. The molecule has 0 amide bonds. The van der Waals surface area contributed by atoms with Crippen LogP contribution in [-0.4, -0.2) is 89.0 Å². The van der Waals surface area contributed by atoms with Crippen molar-refractivity contribution in [3.63, 3.8) is 0 Å². The zero-order chi connectivity index (χ0) is 48.7. The van der Waals surface area contributed by atoms with Crippen LogP contribution in [0.3, 0.4) is 0 Å². The molecule has 0 aromatic heterocycles. The predicted molar refractivity (Wildman–Crippen MR) is 275 cm³/mol. The molecule has 10 nitrogen and oxygen atoms in total. The van der Waals surface area contributed by atoms with Crippen molar-refractivity contribution in [1.29, 1.82) is 0 Å². The fourth-order valence-corrected chi connectivity index (χ4v) is 8.87. The molecule has 1 fully saturated rings. The molecule has 1 aliphatic heterocycles. The van der Waals surface area contributed by atoms with E-state index in [1.165, 1.54) is 193 Å². The van der Waals surface area contributed by atoms with Crippen LogP contribution in [0.4, 0.5) is 0 Å². The molecule has 0 aliphatic carbocycles. The van der Waals surface area contributed by atoms with Crippen molar-refractivity contribution in [3.05, 3.63) is 24.3 Å². The van der Waals surface area contributed by atoms with Gasteiger partial charge in [-0.2, -0.15) is 0 Å². The lowest BCUT2D eigenvalue weighted by Gasteiger charge is -2.39. The Labute approximate surface area is 411 Å². The molecule has 0 aromatic carbocycles. The largest absolute Gasteiger partial charge is 0.462 e. The molecule has 1 heterocycles. The fourth-order valence-electron chi connectivity index (χ4n) is 8.87. The van der Waals surface area contributed by atoms with Gasteiger partial charge in [0.1, 0.15) is 31.0 Å². The molecule has 10 heteroatoms. The van der Waals surface area contributed by atoms with Crippen LogP contribution in [0.1, 0.15) is 271 Å².